The van der Waals surface area contributed by atoms with Crippen LogP contribution in [0.1, 0.15) is 41.4 Å². The molecule has 4 aromatic rings. The molecule has 160 valence electrons. The van der Waals surface area contributed by atoms with E-state index in [-0.39, 0.29) is 5.56 Å². The Kier molecular flexibility index (Phi) is 5.54. The second-order valence-corrected chi connectivity index (χ2v) is 9.53. The summed E-state index contributed by atoms with van der Waals surface area (Å²) in [7, 11) is 1.62. The third kappa shape index (κ3) is 3.87. The summed E-state index contributed by atoms with van der Waals surface area (Å²) < 4.78 is 12.2. The second kappa shape index (κ2) is 8.47. The highest BCUT2D eigenvalue weighted by Gasteiger charge is 2.22. The molecule has 0 fully saturated rings. The standard InChI is InChI=1S/C22H22N4O3S2/c1-13-23-18(25-29-13)12-30-22-24-20-19(16-9-4-3-5-10-17(16)31-20)21(27)26(22)14-7-6-8-15(11-14)28-2/h6-8,11H,3-5,9-10,12H2,1-2H3. The van der Waals surface area contributed by atoms with Crippen molar-refractivity contribution in [2.45, 2.75) is 49.9 Å². The van der Waals surface area contributed by atoms with E-state index in [1.165, 1.54) is 35.0 Å². The molecule has 0 unspecified atom stereocenters. The van der Waals surface area contributed by atoms with Crippen LogP contribution in [0.4, 0.5) is 0 Å². The fourth-order valence-corrected chi connectivity index (χ4v) is 6.12. The normalized spacial score (nSPS) is 13.9. The number of thioether (sulfide) groups is 1. The number of benzene rings is 1. The van der Waals surface area contributed by atoms with E-state index in [4.69, 9.17) is 14.2 Å². The number of thiophene rings is 1. The van der Waals surface area contributed by atoms with E-state index in [0.29, 0.717) is 28.4 Å². The Morgan fingerprint density at radius 3 is 2.90 bits per heavy atom. The van der Waals surface area contributed by atoms with Crippen molar-refractivity contribution >= 4 is 33.3 Å². The monoisotopic (exact) mass is 454 g/mol. The highest BCUT2D eigenvalue weighted by atomic mass is 32.2. The van der Waals surface area contributed by atoms with Crippen LogP contribution in [0.25, 0.3) is 15.9 Å². The molecule has 1 aliphatic carbocycles. The van der Waals surface area contributed by atoms with Gasteiger partial charge in [0.2, 0.25) is 5.89 Å². The molecule has 1 aromatic carbocycles. The number of aryl methyl sites for hydroxylation is 3. The number of nitrogens with zero attached hydrogens (tertiary/aromatic N) is 4. The quantitative estimate of drug-likeness (QED) is 0.245. The molecule has 7 nitrogen and oxygen atoms in total. The molecule has 0 N–H and O–H groups in total. The third-order valence-electron chi connectivity index (χ3n) is 5.42. The third-order valence-corrected chi connectivity index (χ3v) is 7.54. The van der Waals surface area contributed by atoms with Gasteiger partial charge >= 0.3 is 0 Å². The summed E-state index contributed by atoms with van der Waals surface area (Å²) in [5.41, 5.74) is 1.90. The first kappa shape index (κ1) is 20.3. The van der Waals surface area contributed by atoms with Gasteiger partial charge in [-0.3, -0.25) is 9.36 Å². The maximum atomic E-state index is 13.8. The molecular formula is C22H22N4O3S2. The zero-order valence-electron chi connectivity index (χ0n) is 17.4. The van der Waals surface area contributed by atoms with Crippen LogP contribution in [0.2, 0.25) is 0 Å². The van der Waals surface area contributed by atoms with Crippen LogP contribution in [-0.2, 0) is 18.6 Å². The van der Waals surface area contributed by atoms with E-state index in [0.717, 1.165) is 35.2 Å². The molecule has 3 heterocycles. The number of methoxy groups -OCH3 is 1. The summed E-state index contributed by atoms with van der Waals surface area (Å²) in [6.07, 6.45) is 5.46. The van der Waals surface area contributed by atoms with Crippen molar-refractivity contribution in [1.82, 2.24) is 19.7 Å². The molecule has 31 heavy (non-hydrogen) atoms. The van der Waals surface area contributed by atoms with Gasteiger partial charge in [0.05, 0.1) is 23.9 Å². The highest BCUT2D eigenvalue weighted by molar-refractivity contribution is 7.98. The fraction of sp³-hybridized carbons (Fsp3) is 0.364. The summed E-state index contributed by atoms with van der Waals surface area (Å²) in [4.78, 5) is 25.2. The lowest BCUT2D eigenvalue weighted by Crippen LogP contribution is -2.22. The van der Waals surface area contributed by atoms with Crippen LogP contribution in [-0.4, -0.2) is 26.8 Å². The Morgan fingerprint density at radius 2 is 2.10 bits per heavy atom. The summed E-state index contributed by atoms with van der Waals surface area (Å²) in [5, 5.41) is 5.35. The van der Waals surface area contributed by atoms with E-state index in [1.54, 1.807) is 29.9 Å². The first-order valence-corrected chi connectivity index (χ1v) is 12.1. The molecule has 9 heteroatoms. The lowest BCUT2D eigenvalue weighted by Gasteiger charge is -2.13. The maximum absolute atomic E-state index is 13.8. The van der Waals surface area contributed by atoms with Gasteiger partial charge in [-0.05, 0) is 43.4 Å². The molecule has 0 amide bonds. The molecule has 0 radical (unpaired) electrons. The van der Waals surface area contributed by atoms with E-state index in [1.807, 2.05) is 24.3 Å². The van der Waals surface area contributed by atoms with Crippen molar-refractivity contribution in [3.63, 3.8) is 0 Å². The van der Waals surface area contributed by atoms with Crippen LogP contribution < -0.4 is 10.3 Å². The Hall–Kier alpha value is -2.65. The zero-order chi connectivity index (χ0) is 21.4. The number of ether oxygens (including phenoxy) is 1. The Balaban J connectivity index is 1.68. The van der Waals surface area contributed by atoms with E-state index in [9.17, 15) is 4.79 Å². The van der Waals surface area contributed by atoms with Crippen LogP contribution in [0.15, 0.2) is 38.7 Å². The first-order chi connectivity index (χ1) is 15.1. The molecule has 0 aliphatic heterocycles. The molecule has 5 rings (SSSR count). The Labute approximate surface area is 187 Å². The minimum Gasteiger partial charge on any atom is -0.497 e. The van der Waals surface area contributed by atoms with Crippen molar-refractivity contribution in [2.24, 2.45) is 0 Å². The smallest absolute Gasteiger partial charge is 0.267 e. The lowest BCUT2D eigenvalue weighted by molar-refractivity contribution is 0.389. The van der Waals surface area contributed by atoms with Gasteiger partial charge in [-0.25, -0.2) is 4.98 Å². The maximum Gasteiger partial charge on any atom is 0.267 e. The minimum atomic E-state index is -0.0237. The van der Waals surface area contributed by atoms with Crippen molar-refractivity contribution in [3.05, 3.63) is 56.8 Å². The van der Waals surface area contributed by atoms with Crippen molar-refractivity contribution in [2.75, 3.05) is 7.11 Å². The minimum absolute atomic E-state index is 0.0237. The second-order valence-electron chi connectivity index (χ2n) is 7.50. The predicted molar refractivity (Wildman–Crippen MR) is 122 cm³/mol. The number of rotatable bonds is 5. The van der Waals surface area contributed by atoms with Gasteiger partial charge in [-0.2, -0.15) is 4.98 Å². The van der Waals surface area contributed by atoms with Crippen LogP contribution in [0.5, 0.6) is 5.75 Å². The topological polar surface area (TPSA) is 83.0 Å². The van der Waals surface area contributed by atoms with Crippen molar-refractivity contribution < 1.29 is 9.26 Å². The van der Waals surface area contributed by atoms with E-state index >= 15 is 0 Å². The van der Waals surface area contributed by atoms with Gasteiger partial charge in [-0.15, -0.1) is 11.3 Å². The molecule has 3 aromatic heterocycles. The van der Waals surface area contributed by atoms with E-state index < -0.39 is 0 Å². The Morgan fingerprint density at radius 1 is 1.23 bits per heavy atom. The van der Waals surface area contributed by atoms with Crippen molar-refractivity contribution in [3.8, 4) is 11.4 Å². The molecular weight excluding hydrogens is 432 g/mol. The molecule has 0 spiro atoms. The highest BCUT2D eigenvalue weighted by Crippen LogP contribution is 2.35. The van der Waals surface area contributed by atoms with Gasteiger partial charge in [-0.1, -0.05) is 29.4 Å². The molecule has 1 aliphatic rings. The summed E-state index contributed by atoms with van der Waals surface area (Å²) in [6, 6.07) is 7.52. The first-order valence-electron chi connectivity index (χ1n) is 10.3. The van der Waals surface area contributed by atoms with Gasteiger partial charge in [0, 0.05) is 17.9 Å². The lowest BCUT2D eigenvalue weighted by atomic mass is 10.1. The SMILES string of the molecule is COc1cccc(-n2c(SCc3noc(C)n3)nc3sc4c(c3c2=O)CCCCC4)c1. The zero-order valence-corrected chi connectivity index (χ0v) is 19.0. The van der Waals surface area contributed by atoms with Crippen LogP contribution in [0.3, 0.4) is 0 Å². The average Bonchev–Trinajstić information content (AvgIpc) is 3.27. The summed E-state index contributed by atoms with van der Waals surface area (Å²) >= 11 is 3.10. The molecule has 0 atom stereocenters. The number of fused-ring (bicyclic) bond motifs is 3. The summed E-state index contributed by atoms with van der Waals surface area (Å²) in [6.45, 7) is 1.76. The van der Waals surface area contributed by atoms with Gasteiger partial charge in [0.25, 0.3) is 5.56 Å². The number of hydrogen-bond acceptors (Lipinski definition) is 8. The molecule has 0 bridgehead atoms. The average molecular weight is 455 g/mol. The Bertz CT molecular complexity index is 1310. The van der Waals surface area contributed by atoms with E-state index in [2.05, 4.69) is 10.1 Å². The fourth-order valence-electron chi connectivity index (χ4n) is 3.97. The van der Waals surface area contributed by atoms with Crippen molar-refractivity contribution in [1.29, 1.82) is 0 Å². The summed E-state index contributed by atoms with van der Waals surface area (Å²) in [5.74, 6) is 2.25. The van der Waals surface area contributed by atoms with Crippen LogP contribution in [0, 0.1) is 6.92 Å². The number of aromatic nitrogens is 4. The largest absolute Gasteiger partial charge is 0.497 e. The van der Waals surface area contributed by atoms with Crippen LogP contribution >= 0.6 is 23.1 Å². The number of hydrogen-bond donors (Lipinski definition) is 0. The molecule has 0 saturated carbocycles. The van der Waals surface area contributed by atoms with Gasteiger partial charge < -0.3 is 9.26 Å². The van der Waals surface area contributed by atoms with Gasteiger partial charge in [0.1, 0.15) is 10.6 Å². The van der Waals surface area contributed by atoms with Gasteiger partial charge in [0.15, 0.2) is 11.0 Å². The molecule has 0 saturated heterocycles. The predicted octanol–water partition coefficient (Wildman–Crippen LogP) is 4.71.